The molecule has 100 valence electrons. The standard InChI is InChI=1S/C17H15NOS/c1-12-3-8-16(9-13(12)2)20-11-17(19)15-6-4-14(10-18)5-7-15/h3-9H,11H2,1-2H3. The van der Waals surface area contributed by atoms with Gasteiger partial charge in [-0.2, -0.15) is 5.26 Å². The average molecular weight is 281 g/mol. The number of rotatable bonds is 4. The zero-order valence-corrected chi connectivity index (χ0v) is 12.3. The van der Waals surface area contributed by atoms with Crippen LogP contribution >= 0.6 is 11.8 Å². The lowest BCUT2D eigenvalue weighted by Gasteiger charge is -2.05. The molecule has 0 aliphatic heterocycles. The Labute approximate surface area is 123 Å². The van der Waals surface area contributed by atoms with Crippen molar-refractivity contribution in [2.24, 2.45) is 0 Å². The molecule has 0 saturated carbocycles. The van der Waals surface area contributed by atoms with Crippen molar-refractivity contribution in [3.8, 4) is 6.07 Å². The van der Waals surface area contributed by atoms with Crippen LogP contribution in [-0.4, -0.2) is 11.5 Å². The highest BCUT2D eigenvalue weighted by Gasteiger charge is 2.07. The van der Waals surface area contributed by atoms with Gasteiger partial charge in [0.25, 0.3) is 0 Å². The minimum atomic E-state index is 0.0812. The fraction of sp³-hybridized carbons (Fsp3) is 0.176. The summed E-state index contributed by atoms with van der Waals surface area (Å²) in [4.78, 5) is 13.2. The van der Waals surface area contributed by atoms with Crippen LogP contribution < -0.4 is 0 Å². The number of nitrogens with zero attached hydrogens (tertiary/aromatic N) is 1. The summed E-state index contributed by atoms with van der Waals surface area (Å²) >= 11 is 1.54. The van der Waals surface area contributed by atoms with Gasteiger partial charge in [0.05, 0.1) is 17.4 Å². The number of Topliss-reactive ketones (excluding diaryl/α,β-unsaturated/α-hetero) is 1. The molecule has 0 N–H and O–H groups in total. The van der Waals surface area contributed by atoms with E-state index in [-0.39, 0.29) is 5.78 Å². The van der Waals surface area contributed by atoms with Crippen LogP contribution in [0.15, 0.2) is 47.4 Å². The van der Waals surface area contributed by atoms with Crippen molar-refractivity contribution in [1.82, 2.24) is 0 Å². The van der Waals surface area contributed by atoms with E-state index in [2.05, 4.69) is 26.0 Å². The predicted molar refractivity (Wildman–Crippen MR) is 82.1 cm³/mol. The number of hydrogen-bond acceptors (Lipinski definition) is 3. The molecule has 0 spiro atoms. The molecule has 0 amide bonds. The highest BCUT2D eigenvalue weighted by atomic mass is 32.2. The minimum absolute atomic E-state index is 0.0812. The summed E-state index contributed by atoms with van der Waals surface area (Å²) in [6, 6.07) is 15.0. The third-order valence-corrected chi connectivity index (χ3v) is 4.18. The highest BCUT2D eigenvalue weighted by molar-refractivity contribution is 8.00. The van der Waals surface area contributed by atoms with E-state index < -0.39 is 0 Å². The fourth-order valence-corrected chi connectivity index (χ4v) is 2.66. The molecule has 0 aliphatic rings. The van der Waals surface area contributed by atoms with Crippen LogP contribution in [0.4, 0.5) is 0 Å². The van der Waals surface area contributed by atoms with Crippen LogP contribution in [0.25, 0.3) is 0 Å². The minimum Gasteiger partial charge on any atom is -0.293 e. The van der Waals surface area contributed by atoms with E-state index >= 15 is 0 Å². The zero-order chi connectivity index (χ0) is 14.5. The van der Waals surface area contributed by atoms with E-state index in [0.29, 0.717) is 16.9 Å². The van der Waals surface area contributed by atoms with E-state index in [0.717, 1.165) is 4.90 Å². The molecule has 0 saturated heterocycles. The highest BCUT2D eigenvalue weighted by Crippen LogP contribution is 2.22. The van der Waals surface area contributed by atoms with E-state index in [1.54, 1.807) is 36.0 Å². The first-order chi connectivity index (χ1) is 9.60. The first-order valence-corrected chi connectivity index (χ1v) is 7.32. The first kappa shape index (κ1) is 14.4. The summed E-state index contributed by atoms with van der Waals surface area (Å²) in [7, 11) is 0. The predicted octanol–water partition coefficient (Wildman–Crippen LogP) is 4.15. The molecular formula is C17H15NOS. The van der Waals surface area contributed by atoms with Gasteiger partial charge in [-0.1, -0.05) is 18.2 Å². The maximum Gasteiger partial charge on any atom is 0.173 e. The number of hydrogen-bond donors (Lipinski definition) is 0. The second-order valence-corrected chi connectivity index (χ2v) is 5.70. The van der Waals surface area contributed by atoms with Gasteiger partial charge in [0.15, 0.2) is 5.78 Å². The number of thioether (sulfide) groups is 1. The van der Waals surface area contributed by atoms with Gasteiger partial charge >= 0.3 is 0 Å². The molecule has 0 unspecified atom stereocenters. The van der Waals surface area contributed by atoms with Crippen molar-refractivity contribution in [3.63, 3.8) is 0 Å². The SMILES string of the molecule is Cc1ccc(SCC(=O)c2ccc(C#N)cc2)cc1C. The van der Waals surface area contributed by atoms with Crippen LogP contribution in [0.1, 0.15) is 27.0 Å². The third-order valence-electron chi connectivity index (χ3n) is 3.18. The van der Waals surface area contributed by atoms with Gasteiger partial charge in [-0.15, -0.1) is 11.8 Å². The summed E-state index contributed by atoms with van der Waals surface area (Å²) in [5.41, 5.74) is 3.72. The van der Waals surface area contributed by atoms with Crippen LogP contribution in [0.5, 0.6) is 0 Å². The summed E-state index contributed by atoms with van der Waals surface area (Å²) < 4.78 is 0. The number of ketones is 1. The zero-order valence-electron chi connectivity index (χ0n) is 11.5. The molecule has 0 atom stereocenters. The molecule has 2 aromatic carbocycles. The molecule has 0 heterocycles. The first-order valence-electron chi connectivity index (χ1n) is 6.33. The lowest BCUT2D eigenvalue weighted by atomic mass is 10.1. The van der Waals surface area contributed by atoms with Gasteiger partial charge in [0, 0.05) is 10.5 Å². The summed E-state index contributed by atoms with van der Waals surface area (Å²) in [6.45, 7) is 4.15. The van der Waals surface area contributed by atoms with Crippen LogP contribution in [0.2, 0.25) is 0 Å². The monoisotopic (exact) mass is 281 g/mol. The van der Waals surface area contributed by atoms with Gasteiger partial charge in [0.2, 0.25) is 0 Å². The largest absolute Gasteiger partial charge is 0.293 e. The van der Waals surface area contributed by atoms with Crippen LogP contribution in [-0.2, 0) is 0 Å². The van der Waals surface area contributed by atoms with E-state index in [9.17, 15) is 4.79 Å². The lowest BCUT2D eigenvalue weighted by molar-refractivity contribution is 0.102. The van der Waals surface area contributed by atoms with Gasteiger partial charge < -0.3 is 0 Å². The Morgan fingerprint density at radius 1 is 1.10 bits per heavy atom. The Balaban J connectivity index is 2.01. The number of benzene rings is 2. The summed E-state index contributed by atoms with van der Waals surface area (Å²) in [6.07, 6.45) is 0. The van der Waals surface area contributed by atoms with Gasteiger partial charge in [-0.05, 0) is 49.2 Å². The number of aryl methyl sites for hydroxylation is 2. The van der Waals surface area contributed by atoms with Crippen LogP contribution in [0.3, 0.4) is 0 Å². The van der Waals surface area contributed by atoms with E-state index in [4.69, 9.17) is 5.26 Å². The topological polar surface area (TPSA) is 40.9 Å². The Kier molecular flexibility index (Phi) is 4.60. The van der Waals surface area contributed by atoms with Gasteiger partial charge in [-0.3, -0.25) is 4.79 Å². The molecule has 2 rings (SSSR count). The Bertz CT molecular complexity index is 668. The molecule has 20 heavy (non-hydrogen) atoms. The van der Waals surface area contributed by atoms with Crippen molar-refractivity contribution >= 4 is 17.5 Å². The maximum absolute atomic E-state index is 12.1. The molecule has 0 bridgehead atoms. The molecule has 3 heteroatoms. The number of nitriles is 1. The summed E-state index contributed by atoms with van der Waals surface area (Å²) in [5.74, 6) is 0.492. The van der Waals surface area contributed by atoms with Crippen molar-refractivity contribution in [3.05, 3.63) is 64.7 Å². The molecule has 0 fully saturated rings. The quantitative estimate of drug-likeness (QED) is 0.624. The molecule has 2 aromatic rings. The third kappa shape index (κ3) is 3.49. The maximum atomic E-state index is 12.1. The fourth-order valence-electron chi connectivity index (χ4n) is 1.77. The van der Waals surface area contributed by atoms with Crippen LogP contribution in [0, 0.1) is 25.2 Å². The molecule has 0 radical (unpaired) electrons. The van der Waals surface area contributed by atoms with Crippen molar-refractivity contribution < 1.29 is 4.79 Å². The summed E-state index contributed by atoms with van der Waals surface area (Å²) in [5, 5.41) is 8.73. The number of carbonyl (C=O) groups excluding carboxylic acids is 1. The lowest BCUT2D eigenvalue weighted by Crippen LogP contribution is -2.02. The normalized spacial score (nSPS) is 10.1. The second-order valence-electron chi connectivity index (χ2n) is 4.65. The van der Waals surface area contributed by atoms with Crippen molar-refractivity contribution in [2.45, 2.75) is 18.7 Å². The van der Waals surface area contributed by atoms with E-state index in [1.165, 1.54) is 11.1 Å². The molecule has 0 aliphatic carbocycles. The average Bonchev–Trinajstić information content (AvgIpc) is 2.48. The molecule has 0 aromatic heterocycles. The van der Waals surface area contributed by atoms with E-state index in [1.807, 2.05) is 12.1 Å². The molecular weight excluding hydrogens is 266 g/mol. The Morgan fingerprint density at radius 3 is 2.40 bits per heavy atom. The van der Waals surface area contributed by atoms with Crippen molar-refractivity contribution in [2.75, 3.05) is 5.75 Å². The smallest absolute Gasteiger partial charge is 0.173 e. The van der Waals surface area contributed by atoms with Gasteiger partial charge in [-0.25, -0.2) is 0 Å². The van der Waals surface area contributed by atoms with Gasteiger partial charge in [0.1, 0.15) is 0 Å². The second kappa shape index (κ2) is 6.40. The Morgan fingerprint density at radius 2 is 1.80 bits per heavy atom. The molecule has 2 nitrogen and oxygen atoms in total. The number of carbonyl (C=O) groups is 1. The van der Waals surface area contributed by atoms with Crippen molar-refractivity contribution in [1.29, 1.82) is 5.26 Å². The Hall–Kier alpha value is -2.05.